The Morgan fingerprint density at radius 2 is 2.00 bits per heavy atom. The molecule has 0 spiro atoms. The number of carbonyl (C=O) groups excluding carboxylic acids is 4. The number of hydrogen-bond acceptors (Lipinski definition) is 6. The number of hydrogen-bond donors (Lipinski definition) is 1. The Bertz CT molecular complexity index is 946. The van der Waals surface area contributed by atoms with Gasteiger partial charge in [-0.25, -0.2) is 0 Å². The molecule has 3 aliphatic heterocycles. The summed E-state index contributed by atoms with van der Waals surface area (Å²) in [7, 11) is 0. The van der Waals surface area contributed by atoms with Crippen LogP contribution in [-0.2, 0) is 14.4 Å². The first-order valence-corrected chi connectivity index (χ1v) is 11.6. The Labute approximate surface area is 183 Å². The van der Waals surface area contributed by atoms with Crippen LogP contribution in [0.5, 0.6) is 0 Å². The lowest BCUT2D eigenvalue weighted by atomic mass is 10.1. The fourth-order valence-corrected chi connectivity index (χ4v) is 6.23. The summed E-state index contributed by atoms with van der Waals surface area (Å²) in [5, 5.41) is 2.45. The molecule has 3 fully saturated rings. The van der Waals surface area contributed by atoms with Gasteiger partial charge in [0.15, 0.2) is 0 Å². The standard InChI is InChI=1S/C21H23N3O4S2/c1-13-3-5-14(6-4-13)11-16-19(27)23(20(28)30-16)10-9-22-18(26)15-12-29-21(2)8-7-17(25)24(15)21/h3-6,11,15H,7-10,12H2,1-2H3,(H,22,26)/b16-11-/t15-,21+/m0/s1. The lowest BCUT2D eigenvalue weighted by Gasteiger charge is -2.29. The van der Waals surface area contributed by atoms with Gasteiger partial charge in [0.1, 0.15) is 6.04 Å². The predicted octanol–water partition coefficient (Wildman–Crippen LogP) is 2.60. The molecule has 1 aromatic carbocycles. The maximum Gasteiger partial charge on any atom is 0.293 e. The number of fused-ring (bicyclic) bond motifs is 1. The average molecular weight is 446 g/mol. The molecule has 4 rings (SSSR count). The zero-order valence-corrected chi connectivity index (χ0v) is 18.5. The Balaban J connectivity index is 1.33. The third kappa shape index (κ3) is 3.88. The van der Waals surface area contributed by atoms with Crippen LogP contribution in [0.1, 0.15) is 30.9 Å². The molecular weight excluding hydrogens is 422 g/mol. The topological polar surface area (TPSA) is 86.8 Å². The van der Waals surface area contributed by atoms with Gasteiger partial charge in [0.25, 0.3) is 11.1 Å². The molecule has 2 atom stereocenters. The van der Waals surface area contributed by atoms with Crippen LogP contribution in [0.25, 0.3) is 6.08 Å². The second kappa shape index (κ2) is 8.11. The maximum atomic E-state index is 12.6. The molecule has 0 saturated carbocycles. The number of nitrogens with one attached hydrogen (secondary N) is 1. The molecule has 3 heterocycles. The average Bonchev–Trinajstić information content (AvgIpc) is 3.30. The molecule has 4 amide bonds. The number of carbonyl (C=O) groups is 4. The molecule has 0 aliphatic carbocycles. The minimum absolute atomic E-state index is 0.00910. The predicted molar refractivity (Wildman–Crippen MR) is 118 cm³/mol. The van der Waals surface area contributed by atoms with Gasteiger partial charge in [-0.05, 0) is 43.7 Å². The van der Waals surface area contributed by atoms with E-state index in [1.807, 2.05) is 38.1 Å². The van der Waals surface area contributed by atoms with Gasteiger partial charge in [0.2, 0.25) is 11.8 Å². The normalized spacial score (nSPS) is 27.3. The van der Waals surface area contributed by atoms with Crippen molar-refractivity contribution in [2.75, 3.05) is 18.8 Å². The fraction of sp³-hybridized carbons (Fsp3) is 0.429. The van der Waals surface area contributed by atoms with Crippen LogP contribution in [0, 0.1) is 6.92 Å². The Kier molecular flexibility index (Phi) is 5.67. The number of nitrogens with zero attached hydrogens (tertiary/aromatic N) is 2. The summed E-state index contributed by atoms with van der Waals surface area (Å²) >= 11 is 2.54. The third-order valence-electron chi connectivity index (χ3n) is 5.63. The van der Waals surface area contributed by atoms with Gasteiger partial charge in [0, 0.05) is 25.3 Å². The SMILES string of the molecule is Cc1ccc(/C=C2\SC(=O)N(CCNC(=O)[C@@H]3CS[C@]4(C)CCC(=O)N34)C2=O)cc1. The van der Waals surface area contributed by atoms with Crippen LogP contribution >= 0.6 is 23.5 Å². The molecular formula is C21H23N3O4S2. The smallest absolute Gasteiger partial charge is 0.293 e. The minimum Gasteiger partial charge on any atom is -0.352 e. The van der Waals surface area contributed by atoms with E-state index in [-0.39, 0.29) is 40.9 Å². The molecule has 3 aliphatic rings. The van der Waals surface area contributed by atoms with Crippen LogP contribution in [-0.4, -0.2) is 62.5 Å². The zero-order valence-electron chi connectivity index (χ0n) is 16.8. The zero-order chi connectivity index (χ0) is 21.5. The number of thioether (sulfide) groups is 2. The molecule has 0 aromatic heterocycles. The molecule has 1 N–H and O–H groups in total. The van der Waals surface area contributed by atoms with Gasteiger partial charge >= 0.3 is 0 Å². The molecule has 0 unspecified atom stereocenters. The highest BCUT2D eigenvalue weighted by Gasteiger charge is 2.52. The largest absolute Gasteiger partial charge is 0.352 e. The number of aryl methyl sites for hydroxylation is 1. The van der Waals surface area contributed by atoms with E-state index in [1.165, 1.54) is 0 Å². The summed E-state index contributed by atoms with van der Waals surface area (Å²) in [5.41, 5.74) is 1.98. The summed E-state index contributed by atoms with van der Waals surface area (Å²) in [6.07, 6.45) is 2.93. The van der Waals surface area contributed by atoms with Gasteiger partial charge in [0.05, 0.1) is 9.78 Å². The summed E-state index contributed by atoms with van der Waals surface area (Å²) in [4.78, 5) is 52.6. The lowest BCUT2D eigenvalue weighted by molar-refractivity contribution is -0.137. The lowest BCUT2D eigenvalue weighted by Crippen LogP contribution is -2.51. The van der Waals surface area contributed by atoms with Crippen molar-refractivity contribution in [3.63, 3.8) is 0 Å². The molecule has 0 radical (unpaired) electrons. The molecule has 30 heavy (non-hydrogen) atoms. The second-order valence-corrected chi connectivity index (χ2v) is 10.3. The van der Waals surface area contributed by atoms with Gasteiger partial charge < -0.3 is 10.2 Å². The Morgan fingerprint density at radius 3 is 2.73 bits per heavy atom. The molecule has 0 bridgehead atoms. The van der Waals surface area contributed by atoms with E-state index in [0.717, 1.165) is 34.2 Å². The molecule has 3 saturated heterocycles. The number of benzene rings is 1. The van der Waals surface area contributed by atoms with Crippen molar-refractivity contribution in [2.24, 2.45) is 0 Å². The van der Waals surface area contributed by atoms with Crippen LogP contribution in [0.3, 0.4) is 0 Å². The van der Waals surface area contributed by atoms with Crippen LogP contribution < -0.4 is 5.32 Å². The van der Waals surface area contributed by atoms with E-state index >= 15 is 0 Å². The van der Waals surface area contributed by atoms with Crippen molar-refractivity contribution in [1.82, 2.24) is 15.1 Å². The Hall–Kier alpha value is -2.26. The monoisotopic (exact) mass is 445 g/mol. The van der Waals surface area contributed by atoms with Crippen molar-refractivity contribution in [3.05, 3.63) is 40.3 Å². The summed E-state index contributed by atoms with van der Waals surface area (Å²) in [6.45, 7) is 4.24. The quantitative estimate of drug-likeness (QED) is 0.701. The van der Waals surface area contributed by atoms with E-state index in [9.17, 15) is 19.2 Å². The highest BCUT2D eigenvalue weighted by Crippen LogP contribution is 2.47. The number of rotatable bonds is 5. The molecule has 9 heteroatoms. The van der Waals surface area contributed by atoms with Crippen molar-refractivity contribution < 1.29 is 19.2 Å². The third-order valence-corrected chi connectivity index (χ3v) is 8.04. The molecule has 7 nitrogen and oxygen atoms in total. The van der Waals surface area contributed by atoms with E-state index < -0.39 is 6.04 Å². The highest BCUT2D eigenvalue weighted by atomic mass is 32.2. The van der Waals surface area contributed by atoms with Crippen molar-refractivity contribution in [2.45, 2.75) is 37.6 Å². The number of amides is 4. The van der Waals surface area contributed by atoms with Crippen molar-refractivity contribution in [3.8, 4) is 0 Å². The van der Waals surface area contributed by atoms with E-state index in [0.29, 0.717) is 17.1 Å². The fourth-order valence-electron chi connectivity index (χ4n) is 3.93. The molecule has 1 aromatic rings. The van der Waals surface area contributed by atoms with Crippen molar-refractivity contribution in [1.29, 1.82) is 0 Å². The van der Waals surface area contributed by atoms with E-state index in [4.69, 9.17) is 0 Å². The second-order valence-electron chi connectivity index (χ2n) is 7.80. The van der Waals surface area contributed by atoms with Crippen LogP contribution in [0.4, 0.5) is 4.79 Å². The van der Waals surface area contributed by atoms with Gasteiger partial charge in [-0.15, -0.1) is 11.8 Å². The van der Waals surface area contributed by atoms with Gasteiger partial charge in [-0.3, -0.25) is 24.1 Å². The summed E-state index contributed by atoms with van der Waals surface area (Å²) in [6, 6.07) is 7.20. The first-order chi connectivity index (χ1) is 14.3. The number of imide groups is 1. The van der Waals surface area contributed by atoms with Gasteiger partial charge in [-0.1, -0.05) is 29.8 Å². The van der Waals surface area contributed by atoms with Crippen LogP contribution in [0.15, 0.2) is 29.2 Å². The Morgan fingerprint density at radius 1 is 1.27 bits per heavy atom. The maximum absolute atomic E-state index is 12.6. The van der Waals surface area contributed by atoms with E-state index in [1.54, 1.807) is 22.7 Å². The summed E-state index contributed by atoms with van der Waals surface area (Å²) in [5.74, 6) is -0.00778. The van der Waals surface area contributed by atoms with E-state index in [2.05, 4.69) is 5.32 Å². The highest BCUT2D eigenvalue weighted by molar-refractivity contribution is 8.18. The summed E-state index contributed by atoms with van der Waals surface area (Å²) < 4.78 is 0. The van der Waals surface area contributed by atoms with Crippen LogP contribution in [0.2, 0.25) is 0 Å². The molecule has 158 valence electrons. The van der Waals surface area contributed by atoms with Gasteiger partial charge in [-0.2, -0.15) is 0 Å². The minimum atomic E-state index is -0.494. The first kappa shape index (κ1) is 21.0. The first-order valence-electron chi connectivity index (χ1n) is 9.84. The van der Waals surface area contributed by atoms with Crippen molar-refractivity contribution >= 4 is 52.6 Å².